The maximum atomic E-state index is 11.0. The number of aryl methyl sites for hydroxylation is 1. The van der Waals surface area contributed by atoms with Gasteiger partial charge in [-0.25, -0.2) is 4.98 Å². The molecular formula is C10H15N3O2S. The first kappa shape index (κ1) is 11.3. The number of aromatic nitrogens is 2. The molecule has 0 spiro atoms. The van der Waals surface area contributed by atoms with Crippen LogP contribution in [-0.4, -0.2) is 33.5 Å². The molecule has 0 bridgehead atoms. The van der Waals surface area contributed by atoms with Crippen LogP contribution in [0.5, 0.6) is 0 Å². The van der Waals surface area contributed by atoms with Crippen molar-refractivity contribution in [1.29, 1.82) is 0 Å². The Balaban J connectivity index is 2.13. The van der Waals surface area contributed by atoms with E-state index in [-0.39, 0.29) is 5.92 Å². The van der Waals surface area contributed by atoms with Crippen LogP contribution in [0.25, 0.3) is 0 Å². The van der Waals surface area contributed by atoms with E-state index in [2.05, 4.69) is 16.3 Å². The second-order valence-corrected chi connectivity index (χ2v) is 5.14. The molecule has 2 atom stereocenters. The zero-order chi connectivity index (χ0) is 11.7. The van der Waals surface area contributed by atoms with Crippen molar-refractivity contribution in [2.75, 3.05) is 18.0 Å². The summed E-state index contributed by atoms with van der Waals surface area (Å²) in [5.41, 5.74) is 0. The summed E-state index contributed by atoms with van der Waals surface area (Å²) in [5, 5.41) is 9.91. The van der Waals surface area contributed by atoms with Crippen molar-refractivity contribution in [3.05, 3.63) is 5.82 Å². The van der Waals surface area contributed by atoms with Gasteiger partial charge in [0.25, 0.3) is 0 Å². The molecule has 2 rings (SSSR count). The third-order valence-corrected chi connectivity index (χ3v) is 3.66. The Bertz CT molecular complexity index is 393. The Labute approximate surface area is 98.3 Å². The van der Waals surface area contributed by atoms with Crippen LogP contribution in [0.2, 0.25) is 0 Å². The molecule has 1 aliphatic heterocycles. The van der Waals surface area contributed by atoms with Crippen molar-refractivity contribution in [3.63, 3.8) is 0 Å². The molecule has 1 saturated heterocycles. The minimum Gasteiger partial charge on any atom is -0.481 e. The maximum Gasteiger partial charge on any atom is 0.308 e. The lowest BCUT2D eigenvalue weighted by Gasteiger charge is -2.34. The second kappa shape index (κ2) is 4.37. The highest BCUT2D eigenvalue weighted by Gasteiger charge is 2.30. The molecule has 1 aliphatic rings. The van der Waals surface area contributed by atoms with Crippen molar-refractivity contribution < 1.29 is 9.90 Å². The molecule has 88 valence electrons. The topological polar surface area (TPSA) is 66.3 Å². The predicted molar refractivity (Wildman–Crippen MR) is 61.8 cm³/mol. The number of hydrogen-bond acceptors (Lipinski definition) is 5. The Kier molecular flexibility index (Phi) is 3.09. The molecule has 2 unspecified atom stereocenters. The Morgan fingerprint density at radius 3 is 2.88 bits per heavy atom. The van der Waals surface area contributed by atoms with Crippen molar-refractivity contribution in [2.45, 2.75) is 20.3 Å². The zero-order valence-electron chi connectivity index (χ0n) is 9.38. The molecule has 0 saturated carbocycles. The van der Waals surface area contributed by atoms with Gasteiger partial charge in [0.1, 0.15) is 5.82 Å². The van der Waals surface area contributed by atoms with Gasteiger partial charge >= 0.3 is 5.97 Å². The van der Waals surface area contributed by atoms with E-state index in [0.29, 0.717) is 12.5 Å². The highest BCUT2D eigenvalue weighted by atomic mass is 32.1. The first-order valence-corrected chi connectivity index (χ1v) is 6.11. The van der Waals surface area contributed by atoms with Crippen LogP contribution >= 0.6 is 11.5 Å². The fraction of sp³-hybridized carbons (Fsp3) is 0.700. The molecule has 0 radical (unpaired) electrons. The number of aliphatic carboxylic acids is 1. The summed E-state index contributed by atoms with van der Waals surface area (Å²) in [4.78, 5) is 17.4. The molecule has 1 aromatic rings. The molecule has 6 heteroatoms. The zero-order valence-corrected chi connectivity index (χ0v) is 10.2. The molecule has 0 aromatic carbocycles. The van der Waals surface area contributed by atoms with Crippen LogP contribution < -0.4 is 4.90 Å². The van der Waals surface area contributed by atoms with Crippen molar-refractivity contribution in [3.8, 4) is 0 Å². The van der Waals surface area contributed by atoms with E-state index < -0.39 is 5.97 Å². The molecule has 1 aromatic heterocycles. The number of carboxylic acid groups (broad SMARTS) is 1. The van der Waals surface area contributed by atoms with Crippen LogP contribution in [0.3, 0.4) is 0 Å². The van der Waals surface area contributed by atoms with E-state index >= 15 is 0 Å². The highest BCUT2D eigenvalue weighted by Crippen LogP contribution is 2.27. The van der Waals surface area contributed by atoms with E-state index in [1.165, 1.54) is 11.5 Å². The van der Waals surface area contributed by atoms with Gasteiger partial charge in [0.2, 0.25) is 5.13 Å². The molecule has 16 heavy (non-hydrogen) atoms. The van der Waals surface area contributed by atoms with Crippen LogP contribution in [0.15, 0.2) is 0 Å². The largest absolute Gasteiger partial charge is 0.481 e. The molecule has 1 fully saturated rings. The fourth-order valence-electron chi connectivity index (χ4n) is 2.10. The van der Waals surface area contributed by atoms with Gasteiger partial charge in [0.15, 0.2) is 0 Å². The number of carboxylic acids is 1. The summed E-state index contributed by atoms with van der Waals surface area (Å²) in [6.45, 7) is 5.35. The fourth-order valence-corrected chi connectivity index (χ4v) is 2.79. The van der Waals surface area contributed by atoms with Crippen LogP contribution in [0, 0.1) is 18.8 Å². The lowest BCUT2D eigenvalue weighted by Crippen LogP contribution is -2.42. The molecule has 2 heterocycles. The predicted octanol–water partition coefficient (Wildman–Crippen LogP) is 1.39. The van der Waals surface area contributed by atoms with Crippen LogP contribution in [-0.2, 0) is 4.79 Å². The smallest absolute Gasteiger partial charge is 0.308 e. The van der Waals surface area contributed by atoms with Crippen molar-refractivity contribution >= 4 is 22.6 Å². The van der Waals surface area contributed by atoms with Crippen LogP contribution in [0.1, 0.15) is 19.2 Å². The van der Waals surface area contributed by atoms with E-state index in [1.54, 1.807) is 0 Å². The van der Waals surface area contributed by atoms with Gasteiger partial charge in [-0.2, -0.15) is 4.37 Å². The number of piperidine rings is 1. The normalized spacial score (nSPS) is 25.8. The van der Waals surface area contributed by atoms with Crippen molar-refractivity contribution in [2.24, 2.45) is 11.8 Å². The number of hydrogen-bond donors (Lipinski definition) is 1. The Morgan fingerprint density at radius 2 is 2.31 bits per heavy atom. The van der Waals surface area contributed by atoms with E-state index in [1.807, 2.05) is 11.8 Å². The second-order valence-electron chi connectivity index (χ2n) is 4.41. The Morgan fingerprint density at radius 1 is 1.56 bits per heavy atom. The van der Waals surface area contributed by atoms with E-state index in [0.717, 1.165) is 23.9 Å². The minimum atomic E-state index is -0.710. The van der Waals surface area contributed by atoms with Gasteiger partial charge in [-0.1, -0.05) is 6.92 Å². The summed E-state index contributed by atoms with van der Waals surface area (Å²) in [7, 11) is 0. The van der Waals surface area contributed by atoms with Crippen molar-refractivity contribution in [1.82, 2.24) is 9.36 Å². The van der Waals surface area contributed by atoms with Gasteiger partial charge in [0, 0.05) is 24.6 Å². The molecule has 1 N–H and O–H groups in total. The average Bonchev–Trinajstić information content (AvgIpc) is 2.64. The lowest BCUT2D eigenvalue weighted by molar-refractivity contribution is -0.142. The quantitative estimate of drug-likeness (QED) is 0.847. The van der Waals surface area contributed by atoms with E-state index in [4.69, 9.17) is 5.11 Å². The lowest BCUT2D eigenvalue weighted by atomic mass is 9.91. The SMILES string of the molecule is Cc1nsc(N2CC(C)CC(C(=O)O)C2)n1. The third-order valence-electron chi connectivity index (χ3n) is 2.80. The monoisotopic (exact) mass is 241 g/mol. The highest BCUT2D eigenvalue weighted by molar-refractivity contribution is 7.09. The molecule has 0 amide bonds. The number of rotatable bonds is 2. The average molecular weight is 241 g/mol. The van der Waals surface area contributed by atoms with Gasteiger partial charge in [-0.15, -0.1) is 0 Å². The summed E-state index contributed by atoms with van der Waals surface area (Å²) < 4.78 is 4.13. The van der Waals surface area contributed by atoms with E-state index in [9.17, 15) is 4.79 Å². The third kappa shape index (κ3) is 2.32. The summed E-state index contributed by atoms with van der Waals surface area (Å²) >= 11 is 1.34. The van der Waals surface area contributed by atoms with Gasteiger partial charge in [-0.05, 0) is 19.3 Å². The van der Waals surface area contributed by atoms with Gasteiger partial charge in [0.05, 0.1) is 5.92 Å². The first-order valence-electron chi connectivity index (χ1n) is 5.34. The number of carbonyl (C=O) groups is 1. The minimum absolute atomic E-state index is 0.284. The standard InChI is InChI=1S/C10H15N3O2S/c1-6-3-8(9(14)15)5-13(4-6)10-11-7(2)12-16-10/h6,8H,3-5H2,1-2H3,(H,14,15). The Hall–Kier alpha value is -1.17. The van der Waals surface area contributed by atoms with Gasteiger partial charge < -0.3 is 10.0 Å². The summed E-state index contributed by atoms with van der Waals surface area (Å²) in [6.07, 6.45) is 0.754. The molecule has 5 nitrogen and oxygen atoms in total. The molecule has 0 aliphatic carbocycles. The van der Waals surface area contributed by atoms with Crippen LogP contribution in [0.4, 0.5) is 5.13 Å². The maximum absolute atomic E-state index is 11.0. The first-order chi connectivity index (χ1) is 7.56. The number of nitrogens with zero attached hydrogens (tertiary/aromatic N) is 3. The summed E-state index contributed by atoms with van der Waals surface area (Å²) in [6, 6.07) is 0. The van der Waals surface area contributed by atoms with Gasteiger partial charge in [-0.3, -0.25) is 4.79 Å². The number of anilines is 1. The summed E-state index contributed by atoms with van der Waals surface area (Å²) in [5.74, 6) is 0.148. The molecular weight excluding hydrogens is 226 g/mol.